The lowest BCUT2D eigenvalue weighted by molar-refractivity contribution is -0.0828. The number of amides is 2. The van der Waals surface area contributed by atoms with Crippen LogP contribution in [0.5, 0.6) is 0 Å². The van der Waals surface area contributed by atoms with Crippen LogP contribution in [-0.2, 0) is 44.8 Å². The number of rotatable bonds is 9. The van der Waals surface area contributed by atoms with E-state index in [0.29, 0.717) is 18.5 Å². The molecule has 1 aliphatic heterocycles. The highest BCUT2D eigenvalue weighted by Crippen LogP contribution is 2.42. The number of nitrogens with zero attached hydrogens (tertiary/aromatic N) is 2. The lowest BCUT2D eigenvalue weighted by Crippen LogP contribution is -2.52. The molecular formula is C47H62N2O7S. The number of esters is 1. The molecule has 2 aliphatic rings. The lowest BCUT2D eigenvalue weighted by atomic mass is 9.76. The van der Waals surface area contributed by atoms with Crippen molar-refractivity contribution in [2.45, 2.75) is 144 Å². The highest BCUT2D eigenvalue weighted by molar-refractivity contribution is 7.13. The van der Waals surface area contributed by atoms with Gasteiger partial charge >= 0.3 is 18.2 Å². The standard InChI is InChI=1S/C47H62N2O7S/c1-31(2)28-48(42(51)53-30-34-16-14-13-15-17-34)29-37-36(49(47(11,12)54-37)43(52)56-45(6,7)8)26-33-20-18-32(19-21-33)22-23-39-40(41(50)55-44(3,4)5)35-27-46(9,10)25-24-38(35)57-39/h13-21,31,36-37H,24-30H2,1-12H3/t36-,37+/m0/s1. The molecule has 1 aliphatic carbocycles. The zero-order valence-electron chi connectivity index (χ0n) is 36.0. The van der Waals surface area contributed by atoms with Gasteiger partial charge < -0.3 is 23.8 Å². The van der Waals surface area contributed by atoms with Crippen molar-refractivity contribution in [3.05, 3.63) is 92.2 Å². The van der Waals surface area contributed by atoms with Crippen LogP contribution in [0.2, 0.25) is 0 Å². The number of carbonyl (C=O) groups excluding carboxylic acids is 3. The van der Waals surface area contributed by atoms with Crippen molar-refractivity contribution in [3.8, 4) is 11.8 Å². The van der Waals surface area contributed by atoms with Crippen LogP contribution in [-0.4, -0.2) is 70.1 Å². The molecule has 0 saturated carbocycles. The normalized spacial score (nSPS) is 18.6. The first kappa shape index (κ1) is 43.8. The van der Waals surface area contributed by atoms with E-state index in [2.05, 4.69) is 39.5 Å². The van der Waals surface area contributed by atoms with Crippen molar-refractivity contribution in [2.75, 3.05) is 13.1 Å². The number of benzene rings is 2. The third kappa shape index (κ3) is 11.9. The predicted octanol–water partition coefficient (Wildman–Crippen LogP) is 10.2. The molecule has 0 bridgehead atoms. The van der Waals surface area contributed by atoms with Gasteiger partial charge in [-0.05, 0) is 127 Å². The Balaban J connectivity index is 1.41. The molecule has 0 N–H and O–H groups in total. The molecule has 2 amide bonds. The minimum Gasteiger partial charge on any atom is -0.456 e. The van der Waals surface area contributed by atoms with Gasteiger partial charge in [0, 0.05) is 17.0 Å². The van der Waals surface area contributed by atoms with Gasteiger partial charge in [0.2, 0.25) is 0 Å². The smallest absolute Gasteiger partial charge is 0.412 e. The van der Waals surface area contributed by atoms with Gasteiger partial charge in [0.15, 0.2) is 0 Å². The van der Waals surface area contributed by atoms with Crippen molar-refractivity contribution in [3.63, 3.8) is 0 Å². The molecule has 1 saturated heterocycles. The van der Waals surface area contributed by atoms with Crippen molar-refractivity contribution < 1.29 is 33.3 Å². The fraction of sp³-hybridized carbons (Fsp3) is 0.553. The maximum Gasteiger partial charge on any atom is 0.412 e. The van der Waals surface area contributed by atoms with Gasteiger partial charge in [-0.3, -0.25) is 4.90 Å². The van der Waals surface area contributed by atoms with Gasteiger partial charge in [0.25, 0.3) is 0 Å². The van der Waals surface area contributed by atoms with E-state index < -0.39 is 41.3 Å². The molecule has 2 heterocycles. The summed E-state index contributed by atoms with van der Waals surface area (Å²) < 4.78 is 24.2. The van der Waals surface area contributed by atoms with E-state index in [-0.39, 0.29) is 30.5 Å². The van der Waals surface area contributed by atoms with Crippen molar-refractivity contribution in [1.82, 2.24) is 9.80 Å². The van der Waals surface area contributed by atoms with Gasteiger partial charge in [-0.1, -0.05) is 76.1 Å². The van der Waals surface area contributed by atoms with Gasteiger partial charge in [0.1, 0.15) is 23.5 Å². The van der Waals surface area contributed by atoms with Crippen molar-refractivity contribution in [1.29, 1.82) is 0 Å². The first-order chi connectivity index (χ1) is 26.5. The predicted molar refractivity (Wildman–Crippen MR) is 225 cm³/mol. The van der Waals surface area contributed by atoms with E-state index >= 15 is 0 Å². The Morgan fingerprint density at radius 3 is 2.18 bits per heavy atom. The minimum absolute atomic E-state index is 0.0986. The summed E-state index contributed by atoms with van der Waals surface area (Å²) in [6.07, 6.45) is 1.81. The van der Waals surface area contributed by atoms with Crippen LogP contribution in [0, 0.1) is 23.2 Å². The summed E-state index contributed by atoms with van der Waals surface area (Å²) in [7, 11) is 0. The second-order valence-corrected chi connectivity index (χ2v) is 20.2. The number of thiophene rings is 1. The third-order valence-corrected chi connectivity index (χ3v) is 11.1. The van der Waals surface area contributed by atoms with E-state index in [4.69, 9.17) is 18.9 Å². The number of ether oxygens (including phenoxy) is 4. The topological polar surface area (TPSA) is 94.6 Å². The van der Waals surface area contributed by atoms with Gasteiger partial charge in [-0.25, -0.2) is 14.4 Å². The fourth-order valence-corrected chi connectivity index (χ4v) is 8.62. The Morgan fingerprint density at radius 1 is 0.912 bits per heavy atom. The molecule has 1 fully saturated rings. The van der Waals surface area contributed by atoms with Crippen molar-refractivity contribution in [2.24, 2.45) is 11.3 Å². The second-order valence-electron chi connectivity index (χ2n) is 19.1. The summed E-state index contributed by atoms with van der Waals surface area (Å²) in [5, 5.41) is 0. The zero-order valence-corrected chi connectivity index (χ0v) is 36.9. The summed E-state index contributed by atoms with van der Waals surface area (Å²) in [4.78, 5) is 46.3. The number of hydrogen-bond donors (Lipinski definition) is 0. The number of hydrogen-bond acceptors (Lipinski definition) is 8. The number of fused-ring (bicyclic) bond motifs is 1. The lowest BCUT2D eigenvalue weighted by Gasteiger charge is -2.35. The fourth-order valence-electron chi connectivity index (χ4n) is 7.46. The SMILES string of the molecule is CC(C)CN(C[C@H]1OC(C)(C)N(C(=O)OC(C)(C)C)[C@H]1Cc1ccc(C#Cc2sc3c(c2C(=O)OC(C)(C)C)CC(C)(C)CC3)cc1)C(=O)OCc1ccccc1. The molecule has 1 aromatic heterocycles. The van der Waals surface area contributed by atoms with Gasteiger partial charge in [0.05, 0.1) is 29.1 Å². The Morgan fingerprint density at radius 2 is 1.56 bits per heavy atom. The van der Waals surface area contributed by atoms with Crippen LogP contribution in [0.25, 0.3) is 0 Å². The highest BCUT2D eigenvalue weighted by atomic mass is 32.1. The maximum atomic E-state index is 13.9. The molecule has 2 aromatic carbocycles. The molecule has 0 unspecified atom stereocenters. The molecule has 5 rings (SSSR count). The van der Waals surface area contributed by atoms with Crippen LogP contribution in [0.15, 0.2) is 54.6 Å². The molecule has 9 nitrogen and oxygen atoms in total. The van der Waals surface area contributed by atoms with E-state index in [1.54, 1.807) is 21.1 Å². The first-order valence-electron chi connectivity index (χ1n) is 20.1. The zero-order chi connectivity index (χ0) is 41.9. The summed E-state index contributed by atoms with van der Waals surface area (Å²) in [5.41, 5.74) is 2.10. The van der Waals surface area contributed by atoms with Gasteiger partial charge in [-0.15, -0.1) is 11.3 Å². The van der Waals surface area contributed by atoms with Gasteiger partial charge in [-0.2, -0.15) is 0 Å². The number of aryl methyl sites for hydroxylation is 1. The second kappa shape index (κ2) is 17.3. The first-order valence-corrected chi connectivity index (χ1v) is 21.0. The summed E-state index contributed by atoms with van der Waals surface area (Å²) in [5.74, 6) is 6.49. The molecule has 57 heavy (non-hydrogen) atoms. The quantitative estimate of drug-likeness (QED) is 0.121. The Hall–Kier alpha value is -4.33. The third-order valence-electron chi connectivity index (χ3n) is 9.92. The molecule has 3 aromatic rings. The molecule has 0 radical (unpaired) electrons. The van der Waals surface area contributed by atoms with Crippen LogP contribution in [0.1, 0.15) is 132 Å². The molecule has 0 spiro atoms. The van der Waals surface area contributed by atoms with Crippen molar-refractivity contribution >= 4 is 29.5 Å². The van der Waals surface area contributed by atoms with Crippen LogP contribution in [0.3, 0.4) is 0 Å². The van der Waals surface area contributed by atoms with E-state index in [1.165, 1.54) is 4.88 Å². The molecular weight excluding hydrogens is 737 g/mol. The molecule has 308 valence electrons. The Labute approximate surface area is 344 Å². The van der Waals surface area contributed by atoms with Crippen LogP contribution < -0.4 is 0 Å². The summed E-state index contributed by atoms with van der Waals surface area (Å²) in [6.45, 7) is 24.3. The average Bonchev–Trinajstić information content (AvgIpc) is 3.56. The average molecular weight is 799 g/mol. The Kier molecular flexibility index (Phi) is 13.3. The molecule has 2 atom stereocenters. The van der Waals surface area contributed by atoms with E-state index in [9.17, 15) is 14.4 Å². The highest BCUT2D eigenvalue weighted by Gasteiger charge is 2.52. The van der Waals surface area contributed by atoms with E-state index in [0.717, 1.165) is 46.4 Å². The maximum absolute atomic E-state index is 13.9. The largest absolute Gasteiger partial charge is 0.456 e. The summed E-state index contributed by atoms with van der Waals surface area (Å²) in [6, 6.07) is 17.1. The van der Waals surface area contributed by atoms with Crippen LogP contribution in [0.4, 0.5) is 9.59 Å². The Bertz CT molecular complexity index is 1960. The monoisotopic (exact) mass is 798 g/mol. The van der Waals surface area contributed by atoms with Crippen LogP contribution >= 0.6 is 11.3 Å². The summed E-state index contributed by atoms with van der Waals surface area (Å²) >= 11 is 1.60. The molecule has 10 heteroatoms. The number of carbonyl (C=O) groups is 3. The minimum atomic E-state index is -1.01. The van der Waals surface area contributed by atoms with E-state index in [1.807, 2.05) is 110 Å².